The quantitative estimate of drug-likeness (QED) is 0.784. The molecule has 1 aliphatic carbocycles. The van der Waals surface area contributed by atoms with Crippen LogP contribution >= 0.6 is 0 Å². The highest BCUT2D eigenvalue weighted by molar-refractivity contribution is 6.01. The number of benzene rings is 1. The molecule has 0 amide bonds. The maximum atomic E-state index is 12.7. The Balaban J connectivity index is 2.03. The summed E-state index contributed by atoms with van der Waals surface area (Å²) < 4.78 is 20.7. The third-order valence-corrected chi connectivity index (χ3v) is 4.87. The highest BCUT2D eigenvalue weighted by Crippen LogP contribution is 2.42. The predicted molar refractivity (Wildman–Crippen MR) is 99.9 cm³/mol. The third-order valence-electron chi connectivity index (χ3n) is 4.87. The molecule has 1 heterocycles. The number of ether oxygens (including phenoxy) is 4. The number of rotatable bonds is 5. The minimum atomic E-state index is -0.774. The number of esters is 1. The topological polar surface area (TPSA) is 104 Å². The smallest absolute Gasteiger partial charge is 0.343 e. The summed E-state index contributed by atoms with van der Waals surface area (Å²) in [6.45, 7) is 0. The normalized spacial score (nSPS) is 15.6. The van der Waals surface area contributed by atoms with Crippen LogP contribution in [0.2, 0.25) is 0 Å². The number of carbonyl (C=O) groups is 2. The van der Waals surface area contributed by atoms with Crippen molar-refractivity contribution in [3.05, 3.63) is 50.9 Å². The number of hydrogen-bond donors (Lipinski definition) is 1. The zero-order chi connectivity index (χ0) is 20.4. The summed E-state index contributed by atoms with van der Waals surface area (Å²) in [5, 5.41) is 0. The van der Waals surface area contributed by atoms with Gasteiger partial charge in [-0.1, -0.05) is 0 Å². The molecule has 0 radical (unpaired) electrons. The minimum Gasteiger partial charge on any atom is -0.493 e. The van der Waals surface area contributed by atoms with Gasteiger partial charge in [0.1, 0.15) is 5.56 Å². The Morgan fingerprint density at radius 2 is 1.61 bits per heavy atom. The monoisotopic (exact) mass is 387 g/mol. The summed E-state index contributed by atoms with van der Waals surface area (Å²) in [5.41, 5.74) is 0.896. The van der Waals surface area contributed by atoms with Crippen LogP contribution in [0, 0.1) is 0 Å². The van der Waals surface area contributed by atoms with Gasteiger partial charge >= 0.3 is 5.97 Å². The van der Waals surface area contributed by atoms with Gasteiger partial charge in [0, 0.05) is 17.7 Å². The highest BCUT2D eigenvalue weighted by atomic mass is 16.5. The third kappa shape index (κ3) is 3.33. The number of aromatic nitrogens is 1. The van der Waals surface area contributed by atoms with Gasteiger partial charge < -0.3 is 23.9 Å². The molecule has 1 aromatic carbocycles. The van der Waals surface area contributed by atoms with E-state index in [1.165, 1.54) is 34.5 Å². The molecular weight excluding hydrogens is 366 g/mol. The Labute approximate surface area is 161 Å². The van der Waals surface area contributed by atoms with Crippen LogP contribution in [0.4, 0.5) is 0 Å². The van der Waals surface area contributed by atoms with Crippen molar-refractivity contribution in [1.82, 2.24) is 4.98 Å². The van der Waals surface area contributed by atoms with Crippen LogP contribution in [0.15, 0.2) is 23.0 Å². The van der Waals surface area contributed by atoms with E-state index in [2.05, 4.69) is 9.72 Å². The van der Waals surface area contributed by atoms with Gasteiger partial charge in [0.2, 0.25) is 5.75 Å². The molecule has 1 atom stereocenters. The molecule has 1 aliphatic rings. The predicted octanol–water partition coefficient (Wildman–Crippen LogP) is 2.10. The summed E-state index contributed by atoms with van der Waals surface area (Å²) in [6, 6.07) is 4.91. The van der Waals surface area contributed by atoms with Gasteiger partial charge in [-0.3, -0.25) is 9.59 Å². The molecule has 148 valence electrons. The van der Waals surface area contributed by atoms with Crippen molar-refractivity contribution in [1.29, 1.82) is 0 Å². The SMILES string of the molecule is COC(=O)c1cc2c([nH]c1=O)C[C@@H](c1cc(OC)c(OC)c(OC)c1)CC2=O. The van der Waals surface area contributed by atoms with Gasteiger partial charge in [0.25, 0.3) is 5.56 Å². The fourth-order valence-electron chi connectivity index (χ4n) is 3.47. The minimum absolute atomic E-state index is 0.165. The summed E-state index contributed by atoms with van der Waals surface area (Å²) in [5.74, 6) is 0.319. The maximum absolute atomic E-state index is 12.7. The number of H-pyrrole nitrogens is 1. The van der Waals surface area contributed by atoms with Crippen molar-refractivity contribution >= 4 is 11.8 Å². The molecule has 0 aliphatic heterocycles. The van der Waals surface area contributed by atoms with Crippen molar-refractivity contribution in [2.24, 2.45) is 0 Å². The molecule has 0 fully saturated rings. The van der Waals surface area contributed by atoms with Crippen molar-refractivity contribution < 1.29 is 28.5 Å². The molecule has 0 unspecified atom stereocenters. The lowest BCUT2D eigenvalue weighted by atomic mass is 9.81. The van der Waals surface area contributed by atoms with Crippen LogP contribution in [0.25, 0.3) is 0 Å². The van der Waals surface area contributed by atoms with Crippen LogP contribution in [-0.2, 0) is 11.2 Å². The molecular formula is C20H21NO7. The second-order valence-corrected chi connectivity index (χ2v) is 6.38. The van der Waals surface area contributed by atoms with E-state index in [0.717, 1.165) is 5.56 Å². The molecule has 2 aromatic rings. The second kappa shape index (κ2) is 7.75. The lowest BCUT2D eigenvalue weighted by Crippen LogP contribution is -2.27. The first kappa shape index (κ1) is 19.5. The number of carbonyl (C=O) groups excluding carboxylic acids is 2. The van der Waals surface area contributed by atoms with Gasteiger partial charge in [0.05, 0.1) is 28.4 Å². The first-order valence-corrected chi connectivity index (χ1v) is 8.61. The molecule has 0 saturated carbocycles. The molecule has 3 rings (SSSR count). The molecule has 0 spiro atoms. The van der Waals surface area contributed by atoms with Crippen LogP contribution in [0.1, 0.15) is 44.3 Å². The van der Waals surface area contributed by atoms with Gasteiger partial charge in [-0.2, -0.15) is 0 Å². The largest absolute Gasteiger partial charge is 0.493 e. The molecule has 0 bridgehead atoms. The molecule has 0 saturated heterocycles. The van der Waals surface area contributed by atoms with E-state index in [0.29, 0.717) is 34.9 Å². The van der Waals surface area contributed by atoms with Crippen LogP contribution in [0.3, 0.4) is 0 Å². The Hall–Kier alpha value is -3.29. The number of ketones is 1. The van der Waals surface area contributed by atoms with Crippen LogP contribution in [-0.4, -0.2) is 45.2 Å². The molecule has 8 heteroatoms. The van der Waals surface area contributed by atoms with Gasteiger partial charge in [0.15, 0.2) is 17.3 Å². The Morgan fingerprint density at radius 1 is 0.964 bits per heavy atom. The van der Waals surface area contributed by atoms with E-state index < -0.39 is 11.5 Å². The Bertz CT molecular complexity index is 968. The fraction of sp³-hybridized carbons (Fsp3) is 0.350. The number of aromatic amines is 1. The first-order chi connectivity index (χ1) is 13.4. The Kier molecular flexibility index (Phi) is 5.39. The van der Waals surface area contributed by atoms with Crippen LogP contribution in [0.5, 0.6) is 17.2 Å². The number of methoxy groups -OCH3 is 4. The van der Waals surface area contributed by atoms with Crippen molar-refractivity contribution in [3.8, 4) is 17.2 Å². The van der Waals surface area contributed by atoms with E-state index in [4.69, 9.17) is 14.2 Å². The summed E-state index contributed by atoms with van der Waals surface area (Å²) in [7, 11) is 5.75. The molecule has 1 aromatic heterocycles. The standard InChI is InChI=1S/C20H21NO7/c1-25-16-7-11(8-17(26-2)18(16)27-3)10-5-14-12(15(22)6-10)9-13(19(23)21-14)20(24)28-4/h7-10H,5-6H2,1-4H3,(H,21,23)/t10-/m1/s1. The lowest BCUT2D eigenvalue weighted by Gasteiger charge is -2.25. The van der Waals surface area contributed by atoms with E-state index in [9.17, 15) is 14.4 Å². The zero-order valence-corrected chi connectivity index (χ0v) is 16.1. The van der Waals surface area contributed by atoms with Crippen LogP contribution < -0.4 is 19.8 Å². The number of fused-ring (bicyclic) bond motifs is 1. The first-order valence-electron chi connectivity index (χ1n) is 8.61. The van der Waals surface area contributed by atoms with Crippen molar-refractivity contribution in [2.45, 2.75) is 18.8 Å². The Morgan fingerprint density at radius 3 is 2.14 bits per heavy atom. The molecule has 8 nitrogen and oxygen atoms in total. The summed E-state index contributed by atoms with van der Waals surface area (Å²) in [4.78, 5) is 39.3. The molecule has 28 heavy (non-hydrogen) atoms. The average Bonchev–Trinajstić information content (AvgIpc) is 2.71. The summed E-state index contributed by atoms with van der Waals surface area (Å²) in [6.07, 6.45) is 0.648. The fourth-order valence-corrected chi connectivity index (χ4v) is 3.47. The average molecular weight is 387 g/mol. The number of hydrogen-bond acceptors (Lipinski definition) is 7. The number of Topliss-reactive ketones (excluding diaryl/α,β-unsaturated/α-hetero) is 1. The lowest BCUT2D eigenvalue weighted by molar-refractivity contribution is 0.0598. The van der Waals surface area contributed by atoms with Crippen molar-refractivity contribution in [2.75, 3.05) is 28.4 Å². The second-order valence-electron chi connectivity index (χ2n) is 6.38. The highest BCUT2D eigenvalue weighted by Gasteiger charge is 2.30. The van der Waals surface area contributed by atoms with E-state index in [1.807, 2.05) is 0 Å². The van der Waals surface area contributed by atoms with Gasteiger partial charge in [-0.05, 0) is 36.1 Å². The van der Waals surface area contributed by atoms with Gasteiger partial charge in [-0.25, -0.2) is 4.79 Å². The van der Waals surface area contributed by atoms with E-state index >= 15 is 0 Å². The zero-order valence-electron chi connectivity index (χ0n) is 16.1. The van der Waals surface area contributed by atoms with E-state index in [1.54, 1.807) is 12.1 Å². The van der Waals surface area contributed by atoms with Gasteiger partial charge in [-0.15, -0.1) is 0 Å². The summed E-state index contributed by atoms with van der Waals surface area (Å²) >= 11 is 0. The molecule has 1 N–H and O–H groups in total. The maximum Gasteiger partial charge on any atom is 0.343 e. The van der Waals surface area contributed by atoms with Crippen molar-refractivity contribution in [3.63, 3.8) is 0 Å². The van der Waals surface area contributed by atoms with E-state index in [-0.39, 0.29) is 23.7 Å². The number of nitrogens with one attached hydrogen (secondary N) is 1. The number of pyridine rings is 1.